The van der Waals surface area contributed by atoms with Gasteiger partial charge >= 0.3 is 0 Å². The topological polar surface area (TPSA) is 59.9 Å². The van der Waals surface area contributed by atoms with E-state index < -0.39 is 5.82 Å². The SMILES string of the molecule is COc1nc(Nc2cc(C)ccc2-c2cncs2)ncc1F. The van der Waals surface area contributed by atoms with Crippen molar-refractivity contribution in [3.8, 4) is 16.3 Å². The fourth-order valence-electron chi connectivity index (χ4n) is 2.00. The lowest BCUT2D eigenvalue weighted by molar-refractivity contribution is 0.368. The van der Waals surface area contributed by atoms with Crippen molar-refractivity contribution in [2.45, 2.75) is 6.92 Å². The van der Waals surface area contributed by atoms with E-state index in [4.69, 9.17) is 4.74 Å². The van der Waals surface area contributed by atoms with Gasteiger partial charge in [0.05, 0.1) is 23.7 Å². The minimum Gasteiger partial charge on any atom is -0.479 e. The van der Waals surface area contributed by atoms with Crippen molar-refractivity contribution in [1.82, 2.24) is 15.0 Å². The Morgan fingerprint density at radius 3 is 2.86 bits per heavy atom. The van der Waals surface area contributed by atoms with Crippen LogP contribution in [0.15, 0.2) is 36.1 Å². The number of nitrogens with zero attached hydrogens (tertiary/aromatic N) is 3. The molecule has 0 saturated heterocycles. The molecule has 0 radical (unpaired) electrons. The van der Waals surface area contributed by atoms with E-state index in [-0.39, 0.29) is 11.8 Å². The number of aromatic nitrogens is 3. The quantitative estimate of drug-likeness (QED) is 0.793. The van der Waals surface area contributed by atoms with Gasteiger partial charge in [-0.15, -0.1) is 11.3 Å². The third-order valence-corrected chi connectivity index (χ3v) is 3.83. The molecule has 2 aromatic heterocycles. The molecule has 0 aliphatic carbocycles. The lowest BCUT2D eigenvalue weighted by Crippen LogP contribution is -2.02. The number of rotatable bonds is 4. The summed E-state index contributed by atoms with van der Waals surface area (Å²) in [6.07, 6.45) is 2.88. The van der Waals surface area contributed by atoms with Gasteiger partial charge in [-0.05, 0) is 18.6 Å². The van der Waals surface area contributed by atoms with Crippen molar-refractivity contribution in [3.05, 3.63) is 47.5 Å². The van der Waals surface area contributed by atoms with Crippen LogP contribution < -0.4 is 10.1 Å². The van der Waals surface area contributed by atoms with Crippen molar-refractivity contribution in [2.75, 3.05) is 12.4 Å². The maximum atomic E-state index is 13.4. The first-order valence-corrected chi connectivity index (χ1v) is 7.38. The van der Waals surface area contributed by atoms with E-state index in [0.29, 0.717) is 0 Å². The molecule has 0 bridgehead atoms. The Hall–Kier alpha value is -2.54. The normalized spacial score (nSPS) is 10.5. The van der Waals surface area contributed by atoms with Crippen LogP contribution in [0.25, 0.3) is 10.4 Å². The monoisotopic (exact) mass is 316 g/mol. The van der Waals surface area contributed by atoms with Gasteiger partial charge in [-0.2, -0.15) is 9.37 Å². The zero-order valence-electron chi connectivity index (χ0n) is 12.0. The molecule has 0 atom stereocenters. The van der Waals surface area contributed by atoms with Crippen molar-refractivity contribution in [1.29, 1.82) is 0 Å². The van der Waals surface area contributed by atoms with Gasteiger partial charge in [-0.1, -0.05) is 12.1 Å². The van der Waals surface area contributed by atoms with Gasteiger partial charge < -0.3 is 10.1 Å². The van der Waals surface area contributed by atoms with Crippen molar-refractivity contribution < 1.29 is 9.13 Å². The summed E-state index contributed by atoms with van der Waals surface area (Å²) >= 11 is 1.54. The van der Waals surface area contributed by atoms with E-state index in [2.05, 4.69) is 20.3 Å². The Bertz CT molecular complexity index is 792. The van der Waals surface area contributed by atoms with Crippen molar-refractivity contribution >= 4 is 23.0 Å². The van der Waals surface area contributed by atoms with Crippen molar-refractivity contribution in [3.63, 3.8) is 0 Å². The fourth-order valence-corrected chi connectivity index (χ4v) is 2.66. The molecular formula is C15H13FN4OS. The van der Waals surface area contributed by atoms with Crippen LogP contribution in [0.3, 0.4) is 0 Å². The third-order valence-electron chi connectivity index (χ3n) is 3.02. The number of thiazole rings is 1. The van der Waals surface area contributed by atoms with Gasteiger partial charge in [0, 0.05) is 17.4 Å². The van der Waals surface area contributed by atoms with Gasteiger partial charge in [0.1, 0.15) is 0 Å². The number of anilines is 2. The number of nitrogens with one attached hydrogen (secondary N) is 1. The van der Waals surface area contributed by atoms with Crippen LogP contribution in [0.1, 0.15) is 5.56 Å². The van der Waals surface area contributed by atoms with Gasteiger partial charge in [0.25, 0.3) is 5.88 Å². The number of hydrogen-bond donors (Lipinski definition) is 1. The molecule has 22 heavy (non-hydrogen) atoms. The summed E-state index contributed by atoms with van der Waals surface area (Å²) in [6.45, 7) is 1.99. The van der Waals surface area contributed by atoms with Gasteiger partial charge in [0.2, 0.25) is 11.8 Å². The first-order valence-electron chi connectivity index (χ1n) is 6.50. The number of methoxy groups -OCH3 is 1. The Morgan fingerprint density at radius 2 is 2.14 bits per heavy atom. The summed E-state index contributed by atoms with van der Waals surface area (Å²) in [5.41, 5.74) is 4.68. The zero-order chi connectivity index (χ0) is 15.5. The highest BCUT2D eigenvalue weighted by molar-refractivity contribution is 7.13. The van der Waals surface area contributed by atoms with Gasteiger partial charge in [-0.3, -0.25) is 4.98 Å². The van der Waals surface area contributed by atoms with Crippen LogP contribution in [0.5, 0.6) is 5.88 Å². The molecule has 3 rings (SSSR count). The maximum Gasteiger partial charge on any atom is 0.255 e. The molecule has 0 fully saturated rings. The van der Waals surface area contributed by atoms with E-state index >= 15 is 0 Å². The van der Waals surface area contributed by atoms with E-state index in [1.54, 1.807) is 23.0 Å². The van der Waals surface area contributed by atoms with E-state index in [9.17, 15) is 4.39 Å². The Balaban J connectivity index is 2.00. The number of aryl methyl sites for hydroxylation is 1. The first-order chi connectivity index (χ1) is 10.7. The molecule has 0 aliphatic heterocycles. The molecule has 0 spiro atoms. The van der Waals surface area contributed by atoms with E-state index in [1.165, 1.54) is 7.11 Å². The third kappa shape index (κ3) is 2.89. The van der Waals surface area contributed by atoms with Crippen LogP contribution >= 0.6 is 11.3 Å². The smallest absolute Gasteiger partial charge is 0.255 e. The average molecular weight is 316 g/mol. The largest absolute Gasteiger partial charge is 0.479 e. The fraction of sp³-hybridized carbons (Fsp3) is 0.133. The Labute approximate surface area is 130 Å². The second-order valence-electron chi connectivity index (χ2n) is 4.59. The molecular weight excluding hydrogens is 303 g/mol. The molecule has 3 aromatic rings. The maximum absolute atomic E-state index is 13.4. The summed E-state index contributed by atoms with van der Waals surface area (Å²) in [7, 11) is 1.37. The molecule has 2 heterocycles. The summed E-state index contributed by atoms with van der Waals surface area (Å²) < 4.78 is 18.3. The molecule has 1 N–H and O–H groups in total. The summed E-state index contributed by atoms with van der Waals surface area (Å²) in [4.78, 5) is 13.1. The summed E-state index contributed by atoms with van der Waals surface area (Å²) in [6, 6.07) is 6.01. The predicted octanol–water partition coefficient (Wildman–Crippen LogP) is 3.80. The molecule has 7 heteroatoms. The van der Waals surface area contributed by atoms with Crippen LogP contribution in [0.2, 0.25) is 0 Å². The van der Waals surface area contributed by atoms with E-state index in [1.807, 2.05) is 25.1 Å². The zero-order valence-corrected chi connectivity index (χ0v) is 12.8. The average Bonchev–Trinajstić information content (AvgIpc) is 3.03. The second-order valence-corrected chi connectivity index (χ2v) is 5.48. The molecule has 112 valence electrons. The number of benzene rings is 1. The number of hydrogen-bond acceptors (Lipinski definition) is 6. The molecule has 5 nitrogen and oxygen atoms in total. The minimum absolute atomic E-state index is 0.0931. The molecule has 0 aliphatic rings. The predicted molar refractivity (Wildman–Crippen MR) is 84.1 cm³/mol. The summed E-state index contributed by atoms with van der Waals surface area (Å²) in [5.74, 6) is -0.418. The van der Waals surface area contributed by atoms with E-state index in [0.717, 1.165) is 27.9 Å². The van der Waals surface area contributed by atoms with Gasteiger partial charge in [-0.25, -0.2) is 4.98 Å². The molecule has 0 amide bonds. The lowest BCUT2D eigenvalue weighted by atomic mass is 10.1. The molecule has 0 unspecified atom stereocenters. The summed E-state index contributed by atoms with van der Waals surface area (Å²) in [5, 5.41) is 3.11. The lowest BCUT2D eigenvalue weighted by Gasteiger charge is -2.11. The molecule has 0 saturated carbocycles. The van der Waals surface area contributed by atoms with Crippen LogP contribution in [0, 0.1) is 12.7 Å². The number of ether oxygens (including phenoxy) is 1. The Morgan fingerprint density at radius 1 is 1.27 bits per heavy atom. The standard InChI is InChI=1S/C15H13FN4OS/c1-9-3-4-10(13-7-17-8-22-13)12(5-9)19-15-18-6-11(16)14(20-15)21-2/h3-8H,1-2H3,(H,18,19,20). The van der Waals surface area contributed by atoms with Gasteiger partial charge in [0.15, 0.2) is 0 Å². The minimum atomic E-state index is -0.597. The highest BCUT2D eigenvalue weighted by Gasteiger charge is 2.11. The number of halogens is 1. The Kier molecular flexibility index (Phi) is 3.97. The van der Waals surface area contributed by atoms with Crippen LogP contribution in [0.4, 0.5) is 16.0 Å². The van der Waals surface area contributed by atoms with Crippen LogP contribution in [-0.2, 0) is 0 Å². The molecule has 1 aromatic carbocycles. The van der Waals surface area contributed by atoms with Crippen LogP contribution in [-0.4, -0.2) is 22.1 Å². The second kappa shape index (κ2) is 6.07. The highest BCUT2D eigenvalue weighted by Crippen LogP contribution is 2.33. The highest BCUT2D eigenvalue weighted by atomic mass is 32.1. The first kappa shape index (κ1) is 14.4. The van der Waals surface area contributed by atoms with Crippen molar-refractivity contribution in [2.24, 2.45) is 0 Å².